The Morgan fingerprint density at radius 3 is 2.21 bits per heavy atom. The number of alkyl halides is 1. The zero-order valence-electron chi connectivity index (χ0n) is 6.99. The van der Waals surface area contributed by atoms with E-state index >= 15 is 0 Å². The van der Waals surface area contributed by atoms with Gasteiger partial charge in [0, 0.05) is 17.9 Å². The molecule has 0 bridgehead atoms. The predicted molar refractivity (Wildman–Crippen MR) is 51.0 cm³/mol. The first-order valence-electron chi connectivity index (χ1n) is 3.80. The van der Waals surface area contributed by atoms with E-state index in [1.165, 1.54) is 0 Å². The van der Waals surface area contributed by atoms with Crippen LogP contribution in [0.3, 0.4) is 0 Å². The van der Waals surface area contributed by atoms with Crippen LogP contribution < -0.4 is 0 Å². The van der Waals surface area contributed by atoms with E-state index in [4.69, 9.17) is 23.2 Å². The molecule has 0 unspecified atom stereocenters. The maximum atomic E-state index is 12.9. The molecule has 5 heteroatoms. The zero-order valence-corrected chi connectivity index (χ0v) is 8.50. The smallest absolute Gasteiger partial charge is 0.164 e. The summed E-state index contributed by atoms with van der Waals surface area (Å²) >= 11 is 10.6. The summed E-state index contributed by atoms with van der Waals surface area (Å²) in [6.45, 7) is 0. The summed E-state index contributed by atoms with van der Waals surface area (Å²) in [5.41, 5.74) is -0.0509. The summed E-state index contributed by atoms with van der Waals surface area (Å²) < 4.78 is 25.8. The fourth-order valence-corrected chi connectivity index (χ4v) is 1.23. The molecule has 14 heavy (non-hydrogen) atoms. The van der Waals surface area contributed by atoms with Crippen LogP contribution in [0.4, 0.5) is 8.78 Å². The van der Waals surface area contributed by atoms with Crippen molar-refractivity contribution in [1.29, 1.82) is 0 Å². The molecule has 0 N–H and O–H groups in total. The first kappa shape index (κ1) is 11.4. The average molecular weight is 239 g/mol. The number of Topliss-reactive ketones (excluding diaryl/α,β-unsaturated/α-hetero) is 1. The van der Waals surface area contributed by atoms with E-state index in [0.717, 1.165) is 12.1 Å². The van der Waals surface area contributed by atoms with Crippen molar-refractivity contribution in [3.63, 3.8) is 0 Å². The number of benzene rings is 1. The van der Waals surface area contributed by atoms with E-state index in [1.54, 1.807) is 0 Å². The molecular weight excluding hydrogens is 233 g/mol. The minimum Gasteiger partial charge on any atom is -0.294 e. The fraction of sp³-hybridized carbons (Fsp3) is 0.222. The van der Waals surface area contributed by atoms with Gasteiger partial charge in [-0.15, -0.1) is 11.6 Å². The van der Waals surface area contributed by atoms with Gasteiger partial charge in [0.25, 0.3) is 0 Å². The van der Waals surface area contributed by atoms with Crippen LogP contribution in [0.2, 0.25) is 5.02 Å². The lowest BCUT2D eigenvalue weighted by atomic mass is 10.1. The molecule has 0 aliphatic carbocycles. The lowest BCUT2D eigenvalue weighted by Gasteiger charge is -2.01. The van der Waals surface area contributed by atoms with E-state index in [-0.39, 0.29) is 17.9 Å². The van der Waals surface area contributed by atoms with Crippen LogP contribution >= 0.6 is 23.2 Å². The van der Waals surface area contributed by atoms with E-state index in [2.05, 4.69) is 0 Å². The van der Waals surface area contributed by atoms with Crippen molar-refractivity contribution < 1.29 is 13.6 Å². The minimum absolute atomic E-state index is 0.0437. The monoisotopic (exact) mass is 238 g/mol. The summed E-state index contributed by atoms with van der Waals surface area (Å²) in [5.74, 6) is -2.17. The number of hydrogen-bond acceptors (Lipinski definition) is 1. The van der Waals surface area contributed by atoms with Crippen LogP contribution in [0.15, 0.2) is 12.1 Å². The summed E-state index contributed by atoms with van der Waals surface area (Å²) in [6, 6.07) is 1.81. The van der Waals surface area contributed by atoms with E-state index in [0.29, 0.717) is 0 Å². The summed E-state index contributed by atoms with van der Waals surface area (Å²) in [6.07, 6.45) is 0.0437. The second-order valence-corrected chi connectivity index (χ2v) is 3.37. The van der Waals surface area contributed by atoms with Gasteiger partial charge in [-0.2, -0.15) is 0 Å². The van der Waals surface area contributed by atoms with Gasteiger partial charge in [-0.3, -0.25) is 4.79 Å². The molecule has 1 nitrogen and oxygen atoms in total. The first-order chi connectivity index (χ1) is 6.56. The summed E-state index contributed by atoms with van der Waals surface area (Å²) in [4.78, 5) is 11.2. The third-order valence-corrected chi connectivity index (χ3v) is 2.18. The summed E-state index contributed by atoms with van der Waals surface area (Å²) in [7, 11) is 0. The maximum Gasteiger partial charge on any atom is 0.164 e. The molecule has 0 heterocycles. The average Bonchev–Trinajstić information content (AvgIpc) is 2.13. The van der Waals surface area contributed by atoms with Crippen molar-refractivity contribution in [2.24, 2.45) is 0 Å². The molecule has 1 aromatic rings. The molecular formula is C9H6Cl2F2O. The van der Waals surface area contributed by atoms with Gasteiger partial charge in [0.05, 0.1) is 0 Å². The molecule has 0 radical (unpaired) electrons. The highest BCUT2D eigenvalue weighted by molar-refractivity contribution is 6.31. The van der Waals surface area contributed by atoms with Crippen molar-refractivity contribution in [2.45, 2.75) is 6.42 Å². The molecule has 0 saturated carbocycles. The highest BCUT2D eigenvalue weighted by atomic mass is 35.5. The Balaban J connectivity index is 3.06. The van der Waals surface area contributed by atoms with Crippen LogP contribution in [-0.2, 0) is 0 Å². The first-order valence-corrected chi connectivity index (χ1v) is 4.71. The Bertz CT molecular complexity index is 343. The van der Waals surface area contributed by atoms with Crippen molar-refractivity contribution in [3.05, 3.63) is 34.4 Å². The van der Waals surface area contributed by atoms with Gasteiger partial charge in [-0.1, -0.05) is 11.6 Å². The molecule has 0 saturated heterocycles. The fourth-order valence-electron chi connectivity index (χ4n) is 0.947. The van der Waals surface area contributed by atoms with E-state index < -0.39 is 22.4 Å². The molecule has 0 aliphatic rings. The highest BCUT2D eigenvalue weighted by Crippen LogP contribution is 2.21. The van der Waals surface area contributed by atoms with Crippen LogP contribution in [0.25, 0.3) is 0 Å². The van der Waals surface area contributed by atoms with Gasteiger partial charge < -0.3 is 0 Å². The number of carbonyl (C=O) groups excluding carboxylic acids is 1. The molecule has 1 aromatic carbocycles. The third kappa shape index (κ3) is 2.42. The molecule has 0 fully saturated rings. The number of carbonyl (C=O) groups is 1. The molecule has 0 aromatic heterocycles. The SMILES string of the molecule is O=C(CCCl)c1cc(F)c(Cl)c(F)c1. The highest BCUT2D eigenvalue weighted by Gasteiger charge is 2.13. The number of rotatable bonds is 3. The second kappa shape index (κ2) is 4.71. The minimum atomic E-state index is -0.940. The Hall–Kier alpha value is -0.670. The quantitative estimate of drug-likeness (QED) is 0.448. The second-order valence-electron chi connectivity index (χ2n) is 2.62. The normalized spacial score (nSPS) is 10.3. The molecule has 0 amide bonds. The van der Waals surface area contributed by atoms with Gasteiger partial charge in [0.15, 0.2) is 5.78 Å². The zero-order chi connectivity index (χ0) is 10.7. The lowest BCUT2D eigenvalue weighted by molar-refractivity contribution is 0.0988. The van der Waals surface area contributed by atoms with E-state index in [9.17, 15) is 13.6 Å². The summed E-state index contributed by atoms with van der Waals surface area (Å²) in [5, 5.41) is -0.604. The van der Waals surface area contributed by atoms with Crippen LogP contribution in [0, 0.1) is 11.6 Å². The number of hydrogen-bond donors (Lipinski definition) is 0. The Kier molecular flexibility index (Phi) is 3.84. The van der Waals surface area contributed by atoms with Crippen molar-refractivity contribution >= 4 is 29.0 Å². The maximum absolute atomic E-state index is 12.9. The van der Waals surface area contributed by atoms with Crippen LogP contribution in [-0.4, -0.2) is 11.7 Å². The van der Waals surface area contributed by atoms with Crippen LogP contribution in [0.5, 0.6) is 0 Å². The van der Waals surface area contributed by atoms with Gasteiger partial charge in [0.2, 0.25) is 0 Å². The van der Waals surface area contributed by atoms with Gasteiger partial charge in [-0.25, -0.2) is 8.78 Å². The van der Waals surface area contributed by atoms with Crippen molar-refractivity contribution in [2.75, 3.05) is 5.88 Å². The third-order valence-electron chi connectivity index (χ3n) is 1.63. The van der Waals surface area contributed by atoms with Crippen molar-refractivity contribution in [3.8, 4) is 0 Å². The molecule has 0 atom stereocenters. The van der Waals surface area contributed by atoms with Gasteiger partial charge in [-0.05, 0) is 12.1 Å². The standard InChI is InChI=1S/C9H6Cl2F2O/c10-2-1-8(14)5-3-6(12)9(11)7(13)4-5/h3-4H,1-2H2. The van der Waals surface area contributed by atoms with Crippen molar-refractivity contribution in [1.82, 2.24) is 0 Å². The Morgan fingerprint density at radius 1 is 1.29 bits per heavy atom. The molecule has 1 rings (SSSR count). The molecule has 0 spiro atoms. The number of ketones is 1. The molecule has 76 valence electrons. The topological polar surface area (TPSA) is 17.1 Å². The van der Waals surface area contributed by atoms with Gasteiger partial charge in [0.1, 0.15) is 16.7 Å². The predicted octanol–water partition coefficient (Wildman–Crippen LogP) is 3.43. The van der Waals surface area contributed by atoms with Crippen LogP contribution in [0.1, 0.15) is 16.8 Å². The number of halogens is 4. The largest absolute Gasteiger partial charge is 0.294 e. The Labute approximate surface area is 89.6 Å². The van der Waals surface area contributed by atoms with Gasteiger partial charge >= 0.3 is 0 Å². The molecule has 0 aliphatic heterocycles. The lowest BCUT2D eigenvalue weighted by Crippen LogP contribution is -2.01. The Morgan fingerprint density at radius 2 is 1.79 bits per heavy atom. The van der Waals surface area contributed by atoms with E-state index in [1.807, 2.05) is 0 Å².